The van der Waals surface area contributed by atoms with Crippen molar-refractivity contribution in [2.75, 3.05) is 17.9 Å². The van der Waals surface area contributed by atoms with Crippen LogP contribution < -0.4 is 9.62 Å². The molecule has 1 N–H and O–H groups in total. The Morgan fingerprint density at radius 3 is 2.19 bits per heavy atom. The molecule has 196 valence electrons. The lowest BCUT2D eigenvalue weighted by Gasteiger charge is -2.32. The summed E-state index contributed by atoms with van der Waals surface area (Å²) in [5.41, 5.74) is 2.87. The van der Waals surface area contributed by atoms with E-state index in [2.05, 4.69) is 5.32 Å². The highest BCUT2D eigenvalue weighted by molar-refractivity contribution is 7.92. The number of carbonyl (C=O) groups excluding carboxylic acids is 2. The first-order valence-electron chi connectivity index (χ1n) is 11.5. The fourth-order valence-corrected chi connectivity index (χ4v) is 5.50. The summed E-state index contributed by atoms with van der Waals surface area (Å²) in [7, 11) is -2.69. The largest absolute Gasteiger partial charge is 0.357 e. The van der Waals surface area contributed by atoms with Crippen LogP contribution in [0.4, 0.5) is 5.69 Å². The molecule has 0 saturated heterocycles. The Kier molecular flexibility index (Phi) is 9.23. The van der Waals surface area contributed by atoms with E-state index in [1.54, 1.807) is 19.1 Å². The predicted octanol–water partition coefficient (Wildman–Crippen LogP) is 4.97. The van der Waals surface area contributed by atoms with Gasteiger partial charge in [0.2, 0.25) is 11.8 Å². The third kappa shape index (κ3) is 6.83. The molecule has 2 amide bonds. The summed E-state index contributed by atoms with van der Waals surface area (Å²) < 4.78 is 28.5. The lowest BCUT2D eigenvalue weighted by Crippen LogP contribution is -2.50. The van der Waals surface area contributed by atoms with Gasteiger partial charge in [0.25, 0.3) is 10.0 Å². The van der Waals surface area contributed by atoms with E-state index in [1.807, 2.05) is 38.1 Å². The molecule has 0 aliphatic rings. The Morgan fingerprint density at radius 1 is 0.919 bits per heavy atom. The van der Waals surface area contributed by atoms with E-state index in [0.717, 1.165) is 21.0 Å². The van der Waals surface area contributed by atoms with Crippen LogP contribution in [0.3, 0.4) is 0 Å². The van der Waals surface area contributed by atoms with Gasteiger partial charge >= 0.3 is 0 Å². The Morgan fingerprint density at radius 2 is 1.59 bits per heavy atom. The van der Waals surface area contributed by atoms with Crippen molar-refractivity contribution in [2.45, 2.75) is 38.3 Å². The Hall–Kier alpha value is -3.07. The lowest BCUT2D eigenvalue weighted by molar-refractivity contribution is -0.139. The van der Waals surface area contributed by atoms with Gasteiger partial charge in [-0.3, -0.25) is 13.9 Å². The van der Waals surface area contributed by atoms with E-state index >= 15 is 0 Å². The molecular formula is C27H29Cl2N3O4S. The number of hydrogen-bond donors (Lipinski definition) is 1. The average molecular weight is 563 g/mol. The number of benzene rings is 3. The van der Waals surface area contributed by atoms with Crippen LogP contribution in [0.1, 0.15) is 23.6 Å². The molecular weight excluding hydrogens is 533 g/mol. The summed E-state index contributed by atoms with van der Waals surface area (Å²) in [4.78, 5) is 27.7. The van der Waals surface area contributed by atoms with Gasteiger partial charge < -0.3 is 10.2 Å². The number of likely N-dealkylation sites (N-methyl/N-ethyl adjacent to an activating group) is 1. The molecule has 3 aromatic rings. The first-order chi connectivity index (χ1) is 17.4. The molecule has 10 heteroatoms. The molecule has 0 bridgehead atoms. The molecule has 3 rings (SSSR count). The van der Waals surface area contributed by atoms with E-state index in [0.29, 0.717) is 0 Å². The minimum atomic E-state index is -4.18. The highest BCUT2D eigenvalue weighted by Crippen LogP contribution is 2.31. The van der Waals surface area contributed by atoms with E-state index < -0.39 is 28.5 Å². The number of sulfonamides is 1. The fraction of sp³-hybridized carbons (Fsp3) is 0.259. The maximum absolute atomic E-state index is 13.8. The molecule has 7 nitrogen and oxygen atoms in total. The van der Waals surface area contributed by atoms with Crippen LogP contribution in [-0.2, 0) is 26.2 Å². The van der Waals surface area contributed by atoms with Gasteiger partial charge in [0.1, 0.15) is 12.6 Å². The highest BCUT2D eigenvalue weighted by atomic mass is 35.5. The van der Waals surface area contributed by atoms with Crippen molar-refractivity contribution in [1.82, 2.24) is 10.2 Å². The number of halogens is 2. The number of rotatable bonds is 9. The van der Waals surface area contributed by atoms with Crippen LogP contribution in [0.5, 0.6) is 0 Å². The number of anilines is 1. The first kappa shape index (κ1) is 28.5. The average Bonchev–Trinajstić information content (AvgIpc) is 2.86. The van der Waals surface area contributed by atoms with Crippen LogP contribution >= 0.6 is 23.2 Å². The maximum Gasteiger partial charge on any atom is 0.264 e. The summed E-state index contributed by atoms with van der Waals surface area (Å²) in [5.74, 6) is -0.928. The van der Waals surface area contributed by atoms with Crippen molar-refractivity contribution < 1.29 is 18.0 Å². The molecule has 37 heavy (non-hydrogen) atoms. The second kappa shape index (κ2) is 12.0. The smallest absolute Gasteiger partial charge is 0.264 e. The number of carbonyl (C=O) groups is 2. The molecule has 1 unspecified atom stereocenters. The van der Waals surface area contributed by atoms with Gasteiger partial charge in [0.05, 0.1) is 20.6 Å². The van der Waals surface area contributed by atoms with Crippen molar-refractivity contribution in [3.05, 3.63) is 93.5 Å². The number of nitrogens with one attached hydrogen (secondary N) is 1. The Balaban J connectivity index is 2.06. The topological polar surface area (TPSA) is 86.8 Å². The van der Waals surface area contributed by atoms with Crippen LogP contribution in [0.25, 0.3) is 0 Å². The van der Waals surface area contributed by atoms with Crippen molar-refractivity contribution in [3.63, 3.8) is 0 Å². The number of amides is 2. The summed E-state index contributed by atoms with van der Waals surface area (Å²) in [6, 6.07) is 17.4. The van der Waals surface area contributed by atoms with Gasteiger partial charge in [-0.1, -0.05) is 70.7 Å². The lowest BCUT2D eigenvalue weighted by atomic mass is 10.1. The summed E-state index contributed by atoms with van der Waals surface area (Å²) in [5, 5.41) is 2.95. The van der Waals surface area contributed by atoms with Gasteiger partial charge in [-0.2, -0.15) is 0 Å². The molecule has 0 radical (unpaired) electrons. The van der Waals surface area contributed by atoms with Gasteiger partial charge in [0.15, 0.2) is 0 Å². The Labute approximate surface area is 228 Å². The van der Waals surface area contributed by atoms with E-state index in [1.165, 1.54) is 42.3 Å². The summed E-state index contributed by atoms with van der Waals surface area (Å²) in [6.45, 7) is 4.94. The minimum absolute atomic E-state index is 0.0153. The molecule has 0 aliphatic heterocycles. The molecule has 0 aromatic heterocycles. The van der Waals surface area contributed by atoms with Crippen LogP contribution in [0.15, 0.2) is 71.6 Å². The predicted molar refractivity (Wildman–Crippen MR) is 147 cm³/mol. The molecule has 0 saturated carbocycles. The standard InChI is InChI=1S/C27H29Cl2N3O4S/c1-18-8-11-23(12-9-18)37(35,36)32(22-10-13-24(28)25(29)15-22)17-26(33)31(20(3)27(34)30-4)16-21-7-5-6-19(2)14-21/h5-15,20H,16-17H2,1-4H3,(H,30,34). The van der Waals surface area contributed by atoms with Crippen molar-refractivity contribution >= 4 is 50.7 Å². The number of nitrogens with zero attached hydrogens (tertiary/aromatic N) is 2. The molecule has 0 fully saturated rings. The van der Waals surface area contributed by atoms with E-state index in [9.17, 15) is 18.0 Å². The normalized spacial score (nSPS) is 12.1. The minimum Gasteiger partial charge on any atom is -0.357 e. The zero-order chi connectivity index (χ0) is 27.3. The molecule has 1 atom stereocenters. The Bertz CT molecular complexity index is 1400. The summed E-state index contributed by atoms with van der Waals surface area (Å²) in [6.07, 6.45) is 0. The van der Waals surface area contributed by atoms with Gasteiger partial charge in [-0.15, -0.1) is 0 Å². The van der Waals surface area contributed by atoms with Crippen molar-refractivity contribution in [1.29, 1.82) is 0 Å². The molecule has 3 aromatic carbocycles. The first-order valence-corrected chi connectivity index (χ1v) is 13.7. The quantitative estimate of drug-likeness (QED) is 0.399. The molecule has 0 spiro atoms. The maximum atomic E-state index is 13.8. The zero-order valence-corrected chi connectivity index (χ0v) is 23.4. The molecule has 0 aliphatic carbocycles. The second-order valence-electron chi connectivity index (χ2n) is 8.72. The third-order valence-corrected chi connectivity index (χ3v) is 8.46. The zero-order valence-electron chi connectivity index (χ0n) is 21.0. The SMILES string of the molecule is CNC(=O)C(C)N(Cc1cccc(C)c1)C(=O)CN(c1ccc(Cl)c(Cl)c1)S(=O)(=O)c1ccc(C)cc1. The monoisotopic (exact) mass is 561 g/mol. The number of hydrogen-bond acceptors (Lipinski definition) is 4. The highest BCUT2D eigenvalue weighted by Gasteiger charge is 2.32. The second-order valence-corrected chi connectivity index (χ2v) is 11.4. The third-order valence-electron chi connectivity index (χ3n) is 5.93. The van der Waals surface area contributed by atoms with E-state index in [-0.39, 0.29) is 33.1 Å². The molecule has 0 heterocycles. The van der Waals surface area contributed by atoms with Crippen molar-refractivity contribution in [2.24, 2.45) is 0 Å². The van der Waals surface area contributed by atoms with Gasteiger partial charge in [-0.05, 0) is 56.7 Å². The van der Waals surface area contributed by atoms with Crippen LogP contribution in [-0.4, -0.2) is 44.8 Å². The number of aryl methyl sites for hydroxylation is 2. The van der Waals surface area contributed by atoms with Gasteiger partial charge in [0, 0.05) is 13.6 Å². The van der Waals surface area contributed by atoms with Crippen LogP contribution in [0, 0.1) is 13.8 Å². The fourth-order valence-electron chi connectivity index (χ4n) is 3.81. The van der Waals surface area contributed by atoms with Gasteiger partial charge in [-0.25, -0.2) is 8.42 Å². The van der Waals surface area contributed by atoms with Crippen molar-refractivity contribution in [3.8, 4) is 0 Å². The summed E-state index contributed by atoms with van der Waals surface area (Å²) >= 11 is 12.3. The van der Waals surface area contributed by atoms with E-state index in [4.69, 9.17) is 23.2 Å². The van der Waals surface area contributed by atoms with Crippen LogP contribution in [0.2, 0.25) is 10.0 Å².